The Balaban J connectivity index is 2.92. The van der Waals surface area contributed by atoms with E-state index in [-0.39, 0.29) is 22.8 Å². The average molecular weight is 239 g/mol. The van der Waals surface area contributed by atoms with Crippen molar-refractivity contribution >= 4 is 5.91 Å². The quantitative estimate of drug-likeness (QED) is 0.833. The molecule has 0 saturated carbocycles. The van der Waals surface area contributed by atoms with E-state index in [2.05, 4.69) is 5.32 Å². The first-order chi connectivity index (χ1) is 7.73. The van der Waals surface area contributed by atoms with Crippen LogP contribution in [-0.4, -0.2) is 17.1 Å². The summed E-state index contributed by atoms with van der Waals surface area (Å²) in [6.07, 6.45) is 0. The second-order valence-electron chi connectivity index (χ2n) is 5.20. The molecule has 0 spiro atoms. The van der Waals surface area contributed by atoms with E-state index in [1.54, 1.807) is 0 Å². The molecule has 1 aromatic carbocycles. The zero-order valence-corrected chi connectivity index (χ0v) is 10.5. The molecule has 0 heterocycles. The number of rotatable bonds is 2. The van der Waals surface area contributed by atoms with Crippen molar-refractivity contribution in [1.82, 2.24) is 5.32 Å². The van der Waals surface area contributed by atoms with Crippen LogP contribution in [-0.2, 0) is 0 Å². The number of phenols is 1. The fourth-order valence-corrected chi connectivity index (χ4v) is 1.22. The number of phenolic OH excluding ortho intramolecular Hbond substituents is 1. The van der Waals surface area contributed by atoms with Gasteiger partial charge in [0.2, 0.25) is 0 Å². The summed E-state index contributed by atoms with van der Waals surface area (Å²) in [6.45, 7) is 7.76. The van der Waals surface area contributed by atoms with Gasteiger partial charge < -0.3 is 10.4 Å². The van der Waals surface area contributed by atoms with E-state index >= 15 is 0 Å². The van der Waals surface area contributed by atoms with Crippen molar-refractivity contribution in [2.45, 2.75) is 33.7 Å². The standard InChI is InChI=1S/C13H18FNO2/c1-8(13(2,3)4)15-12(17)11-9(14)6-5-7-10(11)16/h5-8,16H,1-4H3,(H,15,17). The molecule has 1 rings (SSSR count). The summed E-state index contributed by atoms with van der Waals surface area (Å²) < 4.78 is 13.4. The molecule has 94 valence electrons. The zero-order valence-electron chi connectivity index (χ0n) is 10.5. The first kappa shape index (κ1) is 13.5. The van der Waals surface area contributed by atoms with Gasteiger partial charge in [-0.15, -0.1) is 0 Å². The van der Waals surface area contributed by atoms with E-state index in [0.29, 0.717) is 0 Å². The molecule has 4 heteroatoms. The molecule has 1 atom stereocenters. The first-order valence-corrected chi connectivity index (χ1v) is 5.52. The second-order valence-corrected chi connectivity index (χ2v) is 5.20. The van der Waals surface area contributed by atoms with Crippen LogP contribution in [0.5, 0.6) is 5.75 Å². The molecule has 3 nitrogen and oxygen atoms in total. The molecule has 0 aromatic heterocycles. The Morgan fingerprint density at radius 3 is 2.47 bits per heavy atom. The van der Waals surface area contributed by atoms with Crippen LogP contribution < -0.4 is 5.32 Å². The average Bonchev–Trinajstić information content (AvgIpc) is 2.15. The molecule has 0 saturated heterocycles. The van der Waals surface area contributed by atoms with Crippen LogP contribution in [0.3, 0.4) is 0 Å². The van der Waals surface area contributed by atoms with Gasteiger partial charge in [0.15, 0.2) is 0 Å². The maximum Gasteiger partial charge on any atom is 0.258 e. The number of nitrogens with one attached hydrogen (secondary N) is 1. The van der Waals surface area contributed by atoms with E-state index in [9.17, 15) is 14.3 Å². The predicted molar refractivity (Wildman–Crippen MR) is 64.4 cm³/mol. The minimum Gasteiger partial charge on any atom is -0.507 e. The Morgan fingerprint density at radius 2 is 2.00 bits per heavy atom. The zero-order chi connectivity index (χ0) is 13.2. The largest absolute Gasteiger partial charge is 0.507 e. The monoisotopic (exact) mass is 239 g/mol. The third kappa shape index (κ3) is 3.19. The molecule has 0 bridgehead atoms. The summed E-state index contributed by atoms with van der Waals surface area (Å²) >= 11 is 0. The lowest BCUT2D eigenvalue weighted by molar-refractivity contribution is 0.0903. The molecule has 1 unspecified atom stereocenters. The van der Waals surface area contributed by atoms with Crippen molar-refractivity contribution in [3.8, 4) is 5.75 Å². The highest BCUT2D eigenvalue weighted by Gasteiger charge is 2.24. The summed E-state index contributed by atoms with van der Waals surface area (Å²) in [6, 6.07) is 3.67. The highest BCUT2D eigenvalue weighted by atomic mass is 19.1. The maximum absolute atomic E-state index is 13.4. The number of carbonyl (C=O) groups is 1. The maximum atomic E-state index is 13.4. The SMILES string of the molecule is CC(NC(=O)c1c(O)cccc1F)C(C)(C)C. The molecule has 1 aromatic rings. The summed E-state index contributed by atoms with van der Waals surface area (Å²) in [4.78, 5) is 11.8. The normalized spacial score (nSPS) is 13.2. The van der Waals surface area contributed by atoms with Crippen LogP contribution in [0.4, 0.5) is 4.39 Å². The molecule has 0 radical (unpaired) electrons. The summed E-state index contributed by atoms with van der Waals surface area (Å²) in [7, 11) is 0. The molecule has 0 aliphatic carbocycles. The van der Waals surface area contributed by atoms with Gasteiger partial charge in [0, 0.05) is 6.04 Å². The highest BCUT2D eigenvalue weighted by Crippen LogP contribution is 2.22. The molecule has 0 fully saturated rings. The Labute approximate surface area is 101 Å². The van der Waals surface area contributed by atoms with Crippen molar-refractivity contribution in [3.63, 3.8) is 0 Å². The van der Waals surface area contributed by atoms with Crippen LogP contribution >= 0.6 is 0 Å². The van der Waals surface area contributed by atoms with Gasteiger partial charge in [-0.25, -0.2) is 4.39 Å². The lowest BCUT2D eigenvalue weighted by Gasteiger charge is -2.28. The van der Waals surface area contributed by atoms with Crippen LogP contribution in [0.2, 0.25) is 0 Å². The second kappa shape index (κ2) is 4.73. The van der Waals surface area contributed by atoms with Gasteiger partial charge in [0.25, 0.3) is 5.91 Å². The number of hydrogen-bond donors (Lipinski definition) is 2. The van der Waals surface area contributed by atoms with Gasteiger partial charge in [-0.2, -0.15) is 0 Å². The van der Waals surface area contributed by atoms with Crippen LogP contribution in [0.15, 0.2) is 18.2 Å². The summed E-state index contributed by atoms with van der Waals surface area (Å²) in [5, 5.41) is 12.2. The number of benzene rings is 1. The smallest absolute Gasteiger partial charge is 0.258 e. The van der Waals surface area contributed by atoms with E-state index in [1.165, 1.54) is 12.1 Å². The van der Waals surface area contributed by atoms with Crippen molar-refractivity contribution in [2.75, 3.05) is 0 Å². The van der Waals surface area contributed by atoms with E-state index in [1.807, 2.05) is 27.7 Å². The molecular formula is C13H18FNO2. The van der Waals surface area contributed by atoms with Gasteiger partial charge in [-0.1, -0.05) is 26.8 Å². The van der Waals surface area contributed by atoms with Crippen molar-refractivity contribution in [2.24, 2.45) is 5.41 Å². The number of carbonyl (C=O) groups excluding carboxylic acids is 1. The third-order valence-corrected chi connectivity index (χ3v) is 2.87. The fraction of sp³-hybridized carbons (Fsp3) is 0.462. The Bertz CT molecular complexity index is 404. The Hall–Kier alpha value is -1.58. The third-order valence-electron chi connectivity index (χ3n) is 2.87. The first-order valence-electron chi connectivity index (χ1n) is 5.52. The molecule has 0 aliphatic heterocycles. The van der Waals surface area contributed by atoms with Crippen molar-refractivity contribution < 1.29 is 14.3 Å². The molecule has 2 N–H and O–H groups in total. The van der Waals surface area contributed by atoms with Crippen LogP contribution in [0.25, 0.3) is 0 Å². The molecular weight excluding hydrogens is 221 g/mol. The fourth-order valence-electron chi connectivity index (χ4n) is 1.22. The van der Waals surface area contributed by atoms with Crippen LogP contribution in [0, 0.1) is 11.2 Å². The van der Waals surface area contributed by atoms with E-state index < -0.39 is 11.7 Å². The highest BCUT2D eigenvalue weighted by molar-refractivity contribution is 5.97. The van der Waals surface area contributed by atoms with Gasteiger partial charge in [-0.05, 0) is 24.5 Å². The molecule has 0 aliphatic rings. The molecule has 1 amide bonds. The Kier molecular flexibility index (Phi) is 3.76. The van der Waals surface area contributed by atoms with Gasteiger partial charge >= 0.3 is 0 Å². The van der Waals surface area contributed by atoms with Crippen LogP contribution in [0.1, 0.15) is 38.1 Å². The minimum absolute atomic E-state index is 0.128. The minimum atomic E-state index is -0.719. The summed E-state index contributed by atoms with van der Waals surface area (Å²) in [5.74, 6) is -1.66. The van der Waals surface area contributed by atoms with Gasteiger partial charge in [0.1, 0.15) is 17.1 Å². The van der Waals surface area contributed by atoms with Gasteiger partial charge in [0.05, 0.1) is 0 Å². The topological polar surface area (TPSA) is 49.3 Å². The van der Waals surface area contributed by atoms with E-state index in [4.69, 9.17) is 0 Å². The summed E-state index contributed by atoms with van der Waals surface area (Å²) in [5.41, 5.74) is -0.431. The van der Waals surface area contributed by atoms with E-state index in [0.717, 1.165) is 6.07 Å². The number of amides is 1. The number of hydrogen-bond acceptors (Lipinski definition) is 2. The lowest BCUT2D eigenvalue weighted by Crippen LogP contribution is -2.41. The number of halogens is 1. The van der Waals surface area contributed by atoms with Crippen molar-refractivity contribution in [3.05, 3.63) is 29.6 Å². The number of aromatic hydroxyl groups is 1. The Morgan fingerprint density at radius 1 is 1.41 bits per heavy atom. The van der Waals surface area contributed by atoms with Gasteiger partial charge in [-0.3, -0.25) is 4.79 Å². The predicted octanol–water partition coefficient (Wildman–Crippen LogP) is 2.70. The molecule has 17 heavy (non-hydrogen) atoms. The lowest BCUT2D eigenvalue weighted by atomic mass is 9.88. The van der Waals surface area contributed by atoms with Crippen molar-refractivity contribution in [1.29, 1.82) is 0 Å².